The molecular formula is C9H12F4O3S2. The number of carbonyl (C=O) groups excluding carboxylic acids is 1. The van der Waals surface area contributed by atoms with Crippen LogP contribution in [0, 0.1) is 5.92 Å². The molecule has 0 fully saturated rings. The van der Waals surface area contributed by atoms with E-state index >= 15 is 0 Å². The van der Waals surface area contributed by atoms with Gasteiger partial charge in [0.05, 0.1) is 13.7 Å². The highest BCUT2D eigenvalue weighted by Crippen LogP contribution is 2.48. The van der Waals surface area contributed by atoms with Crippen molar-refractivity contribution in [2.75, 3.05) is 13.7 Å². The fourth-order valence-electron chi connectivity index (χ4n) is 0.897. The molecule has 0 N–H and O–H groups in total. The fraction of sp³-hybridized carbons (Fsp3) is 0.778. The molecule has 0 saturated heterocycles. The van der Waals surface area contributed by atoms with Gasteiger partial charge in [0.1, 0.15) is 5.92 Å². The maximum absolute atomic E-state index is 13.4. The van der Waals surface area contributed by atoms with Crippen LogP contribution in [0.3, 0.4) is 0 Å². The van der Waals surface area contributed by atoms with Gasteiger partial charge < -0.3 is 9.47 Å². The summed E-state index contributed by atoms with van der Waals surface area (Å²) in [6.07, 6.45) is 0. The van der Waals surface area contributed by atoms with Crippen molar-refractivity contribution in [1.29, 1.82) is 0 Å². The summed E-state index contributed by atoms with van der Waals surface area (Å²) >= 11 is 3.77. The van der Waals surface area contributed by atoms with Crippen LogP contribution in [0.2, 0.25) is 0 Å². The third kappa shape index (κ3) is 3.98. The Morgan fingerprint density at radius 3 is 2.28 bits per heavy atom. The molecule has 9 heteroatoms. The lowest BCUT2D eigenvalue weighted by Crippen LogP contribution is -2.47. The van der Waals surface area contributed by atoms with E-state index in [1.165, 1.54) is 6.92 Å². The zero-order valence-electron chi connectivity index (χ0n) is 9.84. The molecule has 1 atom stereocenters. The topological polar surface area (TPSA) is 35.5 Å². The molecule has 0 spiro atoms. The first kappa shape index (κ1) is 17.4. The van der Waals surface area contributed by atoms with Crippen molar-refractivity contribution >= 4 is 34.3 Å². The lowest BCUT2D eigenvalue weighted by atomic mass is 10.0. The van der Waals surface area contributed by atoms with Crippen molar-refractivity contribution in [3.05, 3.63) is 0 Å². The zero-order chi connectivity index (χ0) is 14.6. The molecule has 0 heterocycles. The van der Waals surface area contributed by atoms with Gasteiger partial charge in [0.2, 0.25) is 4.38 Å². The van der Waals surface area contributed by atoms with E-state index in [0.29, 0.717) is 6.92 Å². The summed E-state index contributed by atoms with van der Waals surface area (Å²) in [5.74, 6) is -8.33. The highest BCUT2D eigenvalue weighted by atomic mass is 32.2. The van der Waals surface area contributed by atoms with E-state index in [-0.39, 0.29) is 6.61 Å². The van der Waals surface area contributed by atoms with Crippen LogP contribution in [0.25, 0.3) is 0 Å². The molecule has 1 unspecified atom stereocenters. The molecule has 3 nitrogen and oxygen atoms in total. The summed E-state index contributed by atoms with van der Waals surface area (Å²) in [7, 11) is 0.838. The van der Waals surface area contributed by atoms with Crippen LogP contribution < -0.4 is 0 Å². The number of thiocarbonyl (C=S) groups is 1. The number of thioether (sulfide) groups is 1. The van der Waals surface area contributed by atoms with Crippen LogP contribution in [-0.4, -0.2) is 35.2 Å². The van der Waals surface area contributed by atoms with E-state index in [0.717, 1.165) is 7.11 Å². The van der Waals surface area contributed by atoms with Crippen molar-refractivity contribution in [2.24, 2.45) is 5.92 Å². The third-order valence-electron chi connectivity index (χ3n) is 1.96. The maximum Gasteiger partial charge on any atom is 0.364 e. The number of carbonyl (C=O) groups is 1. The van der Waals surface area contributed by atoms with E-state index in [1.807, 2.05) is 0 Å². The first-order valence-electron chi connectivity index (χ1n) is 4.79. The van der Waals surface area contributed by atoms with E-state index < -0.39 is 39.2 Å². The van der Waals surface area contributed by atoms with E-state index in [1.54, 1.807) is 0 Å². The molecule has 0 saturated carbocycles. The quantitative estimate of drug-likeness (QED) is 0.443. The molecule has 0 radical (unpaired) electrons. The average Bonchev–Trinajstić information content (AvgIpc) is 2.26. The van der Waals surface area contributed by atoms with E-state index in [4.69, 9.17) is 0 Å². The maximum atomic E-state index is 13.4. The van der Waals surface area contributed by atoms with Gasteiger partial charge in [0.15, 0.2) is 0 Å². The second-order valence-corrected chi connectivity index (χ2v) is 4.89. The predicted molar refractivity (Wildman–Crippen MR) is 62.9 cm³/mol. The van der Waals surface area contributed by atoms with Crippen LogP contribution in [0.15, 0.2) is 0 Å². The highest BCUT2D eigenvalue weighted by Gasteiger charge is 2.63. The molecule has 0 aliphatic heterocycles. The van der Waals surface area contributed by atoms with Crippen LogP contribution >= 0.6 is 24.0 Å². The first-order chi connectivity index (χ1) is 8.10. The molecular weight excluding hydrogens is 296 g/mol. The van der Waals surface area contributed by atoms with Gasteiger partial charge in [-0.25, -0.2) is 0 Å². The normalized spacial score (nSPS) is 13.9. The lowest BCUT2D eigenvalue weighted by Gasteiger charge is -2.28. The first-order valence-corrected chi connectivity index (χ1v) is 6.01. The van der Waals surface area contributed by atoms with Crippen molar-refractivity contribution in [2.45, 2.75) is 25.0 Å². The van der Waals surface area contributed by atoms with Crippen molar-refractivity contribution in [3.63, 3.8) is 0 Å². The largest absolute Gasteiger partial charge is 0.479 e. The van der Waals surface area contributed by atoms with Crippen molar-refractivity contribution < 1.29 is 31.8 Å². The summed E-state index contributed by atoms with van der Waals surface area (Å²) in [6.45, 7) is 2.12. The second kappa shape index (κ2) is 6.55. The minimum atomic E-state index is -4.61. The predicted octanol–water partition coefficient (Wildman–Crippen LogP) is 3.08. The number of alkyl halides is 4. The number of hydrogen-bond donors (Lipinski definition) is 0. The van der Waals surface area contributed by atoms with Crippen LogP contribution in [0.1, 0.15) is 13.8 Å². The minimum Gasteiger partial charge on any atom is -0.479 e. The number of hydrogen-bond acceptors (Lipinski definition) is 5. The minimum absolute atomic E-state index is 0.0138. The van der Waals surface area contributed by atoms with Gasteiger partial charge >= 0.3 is 17.1 Å². The van der Waals surface area contributed by atoms with Gasteiger partial charge in [-0.2, -0.15) is 17.6 Å². The summed E-state index contributed by atoms with van der Waals surface area (Å²) < 4.78 is 61.4. The number of esters is 1. The average molecular weight is 308 g/mol. The van der Waals surface area contributed by atoms with E-state index in [9.17, 15) is 22.4 Å². The molecule has 0 aromatic rings. The van der Waals surface area contributed by atoms with Crippen LogP contribution in [-0.2, 0) is 14.3 Å². The van der Waals surface area contributed by atoms with Crippen LogP contribution in [0.4, 0.5) is 17.6 Å². The summed E-state index contributed by atoms with van der Waals surface area (Å²) in [5, 5.41) is -4.56. The van der Waals surface area contributed by atoms with Gasteiger partial charge in [-0.05, 0) is 26.1 Å². The smallest absolute Gasteiger partial charge is 0.364 e. The molecule has 0 rings (SSSR count). The summed E-state index contributed by atoms with van der Waals surface area (Å²) in [6, 6.07) is 0. The van der Waals surface area contributed by atoms with Crippen molar-refractivity contribution in [3.8, 4) is 0 Å². The number of ether oxygens (including phenoxy) is 2. The molecule has 106 valence electrons. The van der Waals surface area contributed by atoms with Gasteiger partial charge in [0, 0.05) is 11.8 Å². The number of rotatable bonds is 5. The highest BCUT2D eigenvalue weighted by molar-refractivity contribution is 8.23. The monoisotopic (exact) mass is 308 g/mol. The third-order valence-corrected chi connectivity index (χ3v) is 3.14. The summed E-state index contributed by atoms with van der Waals surface area (Å²) in [5.41, 5.74) is 0. The molecule has 0 aliphatic carbocycles. The van der Waals surface area contributed by atoms with Gasteiger partial charge in [-0.3, -0.25) is 4.79 Å². The summed E-state index contributed by atoms with van der Waals surface area (Å²) in [4.78, 5) is 10.9. The van der Waals surface area contributed by atoms with Crippen molar-refractivity contribution in [1.82, 2.24) is 0 Å². The molecule has 0 amide bonds. The Hall–Kier alpha value is -0.570. The standard InChI is InChI=1S/C9H12F4O3S2/c1-4-16-7(17)18-9(12,13)8(10,11)5(2)6(14)15-3/h5H,4H2,1-3H3. The van der Waals surface area contributed by atoms with Gasteiger partial charge in [-0.15, -0.1) is 0 Å². The Labute approximate surface area is 111 Å². The Balaban J connectivity index is 4.95. The molecule has 18 heavy (non-hydrogen) atoms. The zero-order valence-corrected chi connectivity index (χ0v) is 11.5. The molecule has 0 aromatic heterocycles. The van der Waals surface area contributed by atoms with E-state index in [2.05, 4.69) is 21.7 Å². The second-order valence-electron chi connectivity index (χ2n) is 3.17. The van der Waals surface area contributed by atoms with Crippen LogP contribution in [0.5, 0.6) is 0 Å². The number of halogens is 4. The molecule has 0 aliphatic rings. The Morgan fingerprint density at radius 2 is 1.89 bits per heavy atom. The Morgan fingerprint density at radius 1 is 1.39 bits per heavy atom. The van der Waals surface area contributed by atoms with Gasteiger partial charge in [-0.1, -0.05) is 0 Å². The SMILES string of the molecule is CCOC(=S)SC(F)(F)C(F)(F)C(C)C(=O)OC. The Kier molecular flexibility index (Phi) is 6.35. The molecule has 0 aromatic carbocycles. The number of methoxy groups -OCH3 is 1. The Bertz CT molecular complexity index is 323. The fourth-order valence-corrected chi connectivity index (χ4v) is 2.03. The molecule has 0 bridgehead atoms. The van der Waals surface area contributed by atoms with Gasteiger partial charge in [0.25, 0.3) is 0 Å². The lowest BCUT2D eigenvalue weighted by molar-refractivity contribution is -0.197.